The molecule has 0 spiro atoms. The Bertz CT molecular complexity index is 650. The van der Waals surface area contributed by atoms with E-state index in [2.05, 4.69) is 10.6 Å². The van der Waals surface area contributed by atoms with E-state index in [1.165, 1.54) is 24.3 Å². The van der Waals surface area contributed by atoms with Gasteiger partial charge in [0.15, 0.2) is 0 Å². The first-order valence-corrected chi connectivity index (χ1v) is 7.68. The number of anilines is 1. The van der Waals surface area contributed by atoms with E-state index >= 15 is 0 Å². The highest BCUT2D eigenvalue weighted by Gasteiger charge is 2.14. The van der Waals surface area contributed by atoms with Crippen LogP contribution in [0, 0.1) is 5.82 Å². The van der Waals surface area contributed by atoms with Crippen LogP contribution in [0.25, 0.3) is 0 Å². The third-order valence-electron chi connectivity index (χ3n) is 3.84. The minimum atomic E-state index is -0.326. The number of nitrogens with one attached hydrogen (secondary N) is 2. The number of rotatable bonds is 5. The molecule has 1 atom stereocenters. The topological polar surface area (TPSA) is 50.4 Å². The zero-order chi connectivity index (χ0) is 16.1. The number of carbonyl (C=O) groups excluding carboxylic acids is 1. The Morgan fingerprint density at radius 2 is 1.87 bits per heavy atom. The molecule has 0 aliphatic carbocycles. The fourth-order valence-electron chi connectivity index (χ4n) is 2.47. The minimum absolute atomic E-state index is 0.208. The molecular formula is C18H19FN2O2. The molecule has 1 amide bonds. The quantitative estimate of drug-likeness (QED) is 0.892. The first-order chi connectivity index (χ1) is 11.2. The minimum Gasteiger partial charge on any atom is -0.380 e. The Balaban J connectivity index is 1.55. The molecule has 1 aliphatic heterocycles. The van der Waals surface area contributed by atoms with E-state index in [4.69, 9.17) is 4.74 Å². The highest BCUT2D eigenvalue weighted by atomic mass is 19.1. The van der Waals surface area contributed by atoms with Crippen molar-refractivity contribution in [3.63, 3.8) is 0 Å². The Hall–Kier alpha value is -2.24. The maximum Gasteiger partial charge on any atom is 0.255 e. The van der Waals surface area contributed by atoms with Crippen molar-refractivity contribution in [3.8, 4) is 0 Å². The van der Waals surface area contributed by atoms with Crippen molar-refractivity contribution in [1.82, 2.24) is 5.32 Å². The van der Waals surface area contributed by atoms with Gasteiger partial charge in [-0.05, 0) is 48.4 Å². The van der Waals surface area contributed by atoms with Crippen LogP contribution in [0.15, 0.2) is 48.5 Å². The lowest BCUT2D eigenvalue weighted by Crippen LogP contribution is -2.28. The molecule has 2 N–H and O–H groups in total. The number of carbonyl (C=O) groups is 1. The Morgan fingerprint density at radius 1 is 1.13 bits per heavy atom. The largest absolute Gasteiger partial charge is 0.380 e. The average Bonchev–Trinajstić information content (AvgIpc) is 3.09. The van der Waals surface area contributed by atoms with Crippen LogP contribution in [0.4, 0.5) is 10.1 Å². The SMILES string of the molecule is O=C(Nc1ccc(F)cc1)c1ccc(CN[C@@H]2CCOC2)cc1. The van der Waals surface area contributed by atoms with Gasteiger partial charge in [0.05, 0.1) is 6.61 Å². The molecule has 1 saturated heterocycles. The Kier molecular flexibility index (Phi) is 5.00. The van der Waals surface area contributed by atoms with E-state index < -0.39 is 0 Å². The number of amides is 1. The molecule has 4 nitrogen and oxygen atoms in total. The number of benzene rings is 2. The Morgan fingerprint density at radius 3 is 2.52 bits per heavy atom. The summed E-state index contributed by atoms with van der Waals surface area (Å²) in [4.78, 5) is 12.1. The van der Waals surface area contributed by atoms with Crippen LogP contribution in [0.1, 0.15) is 22.3 Å². The lowest BCUT2D eigenvalue weighted by atomic mass is 10.1. The van der Waals surface area contributed by atoms with Crippen molar-refractivity contribution in [1.29, 1.82) is 0 Å². The number of hydrogen-bond acceptors (Lipinski definition) is 3. The molecule has 2 aromatic rings. The van der Waals surface area contributed by atoms with Gasteiger partial charge in [-0.15, -0.1) is 0 Å². The summed E-state index contributed by atoms with van der Waals surface area (Å²) in [6, 6.07) is 13.6. The molecule has 0 bridgehead atoms. The molecule has 120 valence electrons. The van der Waals surface area contributed by atoms with E-state index in [9.17, 15) is 9.18 Å². The summed E-state index contributed by atoms with van der Waals surface area (Å²) < 4.78 is 18.2. The number of halogens is 1. The van der Waals surface area contributed by atoms with Gasteiger partial charge in [-0.25, -0.2) is 4.39 Å². The van der Waals surface area contributed by atoms with Crippen LogP contribution >= 0.6 is 0 Å². The second kappa shape index (κ2) is 7.35. The summed E-state index contributed by atoms with van der Waals surface area (Å²) in [7, 11) is 0. The van der Waals surface area contributed by atoms with Crippen LogP contribution in [0.3, 0.4) is 0 Å². The first kappa shape index (κ1) is 15.6. The smallest absolute Gasteiger partial charge is 0.255 e. The lowest BCUT2D eigenvalue weighted by Gasteiger charge is -2.11. The molecule has 1 fully saturated rings. The summed E-state index contributed by atoms with van der Waals surface area (Å²) in [5, 5.41) is 6.17. The summed E-state index contributed by atoms with van der Waals surface area (Å²) in [6.07, 6.45) is 1.04. The predicted octanol–water partition coefficient (Wildman–Crippen LogP) is 2.96. The van der Waals surface area contributed by atoms with E-state index in [1.54, 1.807) is 12.1 Å². The van der Waals surface area contributed by atoms with Crippen molar-refractivity contribution in [2.24, 2.45) is 0 Å². The molecular weight excluding hydrogens is 295 g/mol. The number of ether oxygens (including phenoxy) is 1. The Labute approximate surface area is 134 Å². The van der Waals surface area contributed by atoms with Crippen LogP contribution in [0.2, 0.25) is 0 Å². The second-order valence-corrected chi connectivity index (χ2v) is 5.60. The summed E-state index contributed by atoms with van der Waals surface area (Å²) in [5.41, 5.74) is 2.26. The van der Waals surface area contributed by atoms with Gasteiger partial charge in [-0.1, -0.05) is 12.1 Å². The second-order valence-electron chi connectivity index (χ2n) is 5.60. The van der Waals surface area contributed by atoms with Crippen LogP contribution in [0.5, 0.6) is 0 Å². The highest BCUT2D eigenvalue weighted by Crippen LogP contribution is 2.12. The fraction of sp³-hybridized carbons (Fsp3) is 0.278. The van der Waals surface area contributed by atoms with Gasteiger partial charge in [0.1, 0.15) is 5.82 Å². The number of hydrogen-bond donors (Lipinski definition) is 2. The highest BCUT2D eigenvalue weighted by molar-refractivity contribution is 6.04. The normalized spacial score (nSPS) is 17.2. The monoisotopic (exact) mass is 314 g/mol. The molecule has 1 aliphatic rings. The van der Waals surface area contributed by atoms with Crippen molar-refractivity contribution >= 4 is 11.6 Å². The summed E-state index contributed by atoms with van der Waals surface area (Å²) >= 11 is 0. The molecule has 1 heterocycles. The summed E-state index contributed by atoms with van der Waals surface area (Å²) in [6.45, 7) is 2.34. The molecule has 2 aromatic carbocycles. The third-order valence-corrected chi connectivity index (χ3v) is 3.84. The van der Waals surface area contributed by atoms with E-state index in [1.807, 2.05) is 12.1 Å². The van der Waals surface area contributed by atoms with Gasteiger partial charge in [-0.2, -0.15) is 0 Å². The van der Waals surface area contributed by atoms with Gasteiger partial charge in [0.2, 0.25) is 0 Å². The van der Waals surface area contributed by atoms with Crippen LogP contribution < -0.4 is 10.6 Å². The van der Waals surface area contributed by atoms with Gasteiger partial charge >= 0.3 is 0 Å². The van der Waals surface area contributed by atoms with Crippen molar-refractivity contribution in [3.05, 3.63) is 65.5 Å². The molecule has 0 radical (unpaired) electrons. The zero-order valence-corrected chi connectivity index (χ0v) is 12.7. The van der Waals surface area contributed by atoms with Gasteiger partial charge in [0.25, 0.3) is 5.91 Å². The van der Waals surface area contributed by atoms with Gasteiger partial charge < -0.3 is 15.4 Å². The molecule has 3 rings (SSSR count). The molecule has 0 unspecified atom stereocenters. The van der Waals surface area contributed by atoms with E-state index in [0.29, 0.717) is 17.3 Å². The van der Waals surface area contributed by atoms with Gasteiger partial charge in [0, 0.05) is 30.4 Å². The van der Waals surface area contributed by atoms with Crippen molar-refractivity contribution in [2.75, 3.05) is 18.5 Å². The average molecular weight is 314 g/mol. The maximum absolute atomic E-state index is 12.8. The fourth-order valence-corrected chi connectivity index (χ4v) is 2.47. The third kappa shape index (κ3) is 4.37. The molecule has 0 aromatic heterocycles. The molecule has 23 heavy (non-hydrogen) atoms. The van der Waals surface area contributed by atoms with Crippen molar-refractivity contribution < 1.29 is 13.9 Å². The van der Waals surface area contributed by atoms with E-state index in [-0.39, 0.29) is 11.7 Å². The molecule has 5 heteroatoms. The first-order valence-electron chi connectivity index (χ1n) is 7.68. The maximum atomic E-state index is 12.8. The predicted molar refractivity (Wildman–Crippen MR) is 86.9 cm³/mol. The van der Waals surface area contributed by atoms with Gasteiger partial charge in [-0.3, -0.25) is 4.79 Å². The molecule has 0 saturated carbocycles. The summed E-state index contributed by atoms with van der Waals surface area (Å²) in [5.74, 6) is -0.534. The van der Waals surface area contributed by atoms with E-state index in [0.717, 1.165) is 31.7 Å². The van der Waals surface area contributed by atoms with Crippen LogP contribution in [-0.2, 0) is 11.3 Å². The van der Waals surface area contributed by atoms with Crippen molar-refractivity contribution in [2.45, 2.75) is 19.0 Å². The van der Waals surface area contributed by atoms with Crippen LogP contribution in [-0.4, -0.2) is 25.2 Å². The zero-order valence-electron chi connectivity index (χ0n) is 12.7. The lowest BCUT2D eigenvalue weighted by molar-refractivity contribution is 0.102. The standard InChI is InChI=1S/C18H19FN2O2/c19-15-5-7-16(8-6-15)21-18(22)14-3-1-13(2-4-14)11-20-17-9-10-23-12-17/h1-8,17,20H,9-12H2,(H,21,22)/t17-/m1/s1.